The minimum absolute atomic E-state index is 0.106. The first-order valence-electron chi connectivity index (χ1n) is 8.09. The van der Waals surface area contributed by atoms with Crippen molar-refractivity contribution in [1.82, 2.24) is 0 Å². The fourth-order valence-corrected chi connectivity index (χ4v) is 3.11. The number of rotatable bonds is 5. The summed E-state index contributed by atoms with van der Waals surface area (Å²) in [5.74, 6) is -0.325. The first-order chi connectivity index (χ1) is 11.5. The molecule has 2 heterocycles. The molecule has 0 saturated carbocycles. The van der Waals surface area contributed by atoms with Crippen molar-refractivity contribution < 1.29 is 34.0 Å². The maximum atomic E-state index is 12.2. The lowest BCUT2D eigenvalue weighted by molar-refractivity contribution is -1.01. The molecule has 8 nitrogen and oxygen atoms in total. The van der Waals surface area contributed by atoms with Crippen LogP contribution in [0.3, 0.4) is 0 Å². The molecule has 3 rings (SSSR count). The molecule has 1 saturated heterocycles. The number of anilines is 1. The number of hydrogen-bond acceptors (Lipinski definition) is 5. The van der Waals surface area contributed by atoms with Gasteiger partial charge < -0.3 is 34.5 Å². The molecule has 0 bridgehead atoms. The van der Waals surface area contributed by atoms with Crippen molar-refractivity contribution in [3.05, 3.63) is 18.2 Å². The zero-order chi connectivity index (χ0) is 17.1. The van der Waals surface area contributed by atoms with Crippen LogP contribution in [-0.2, 0) is 9.59 Å². The fourth-order valence-electron chi connectivity index (χ4n) is 3.11. The lowest BCUT2D eigenvalue weighted by Gasteiger charge is -2.33. The smallest absolute Gasteiger partial charge is 0.231 e. The van der Waals surface area contributed by atoms with E-state index in [1.165, 1.54) is 4.90 Å². The molecule has 8 heteroatoms. The van der Waals surface area contributed by atoms with Crippen LogP contribution in [-0.4, -0.2) is 57.9 Å². The Bertz CT molecular complexity index is 628. The molecule has 0 unspecified atom stereocenters. The van der Waals surface area contributed by atoms with Gasteiger partial charge in [0.1, 0.15) is 32.2 Å². The highest BCUT2D eigenvalue weighted by molar-refractivity contribution is 5.93. The first-order valence-corrected chi connectivity index (χ1v) is 8.09. The zero-order valence-electron chi connectivity index (χ0n) is 13.6. The molecule has 1 fully saturated rings. The Morgan fingerprint density at radius 3 is 2.62 bits per heavy atom. The lowest BCUT2D eigenvalue weighted by atomic mass is 10.1. The number of ether oxygens (including phenoxy) is 2. The minimum Gasteiger partial charge on any atom is -0.544 e. The largest absolute Gasteiger partial charge is 0.544 e. The number of aliphatic carboxylic acids is 1. The van der Waals surface area contributed by atoms with E-state index in [-0.39, 0.29) is 19.1 Å². The Morgan fingerprint density at radius 2 is 1.92 bits per heavy atom. The van der Waals surface area contributed by atoms with Crippen LogP contribution in [0.25, 0.3) is 0 Å². The lowest BCUT2D eigenvalue weighted by Crippen LogP contribution is -3.29. The Kier molecular flexibility index (Phi) is 4.86. The average molecular weight is 336 g/mol. The number of benzene rings is 1. The fraction of sp³-hybridized carbons (Fsp3) is 0.500. The molecule has 0 aliphatic carbocycles. The molecule has 1 amide bonds. The van der Waals surface area contributed by atoms with Gasteiger partial charge in [-0.1, -0.05) is 0 Å². The van der Waals surface area contributed by atoms with E-state index in [1.807, 2.05) is 0 Å². The van der Waals surface area contributed by atoms with Gasteiger partial charge in [0.25, 0.3) is 0 Å². The van der Waals surface area contributed by atoms with Gasteiger partial charge in [0.2, 0.25) is 12.7 Å². The van der Waals surface area contributed by atoms with Crippen LogP contribution < -0.4 is 29.7 Å². The second-order valence-electron chi connectivity index (χ2n) is 6.31. The van der Waals surface area contributed by atoms with Gasteiger partial charge in [-0.2, -0.15) is 0 Å². The number of amides is 1. The highest BCUT2D eigenvalue weighted by Crippen LogP contribution is 2.34. The molecular weight excluding hydrogens is 314 g/mol. The van der Waals surface area contributed by atoms with Crippen molar-refractivity contribution in [2.24, 2.45) is 0 Å². The summed E-state index contributed by atoms with van der Waals surface area (Å²) in [6.45, 7) is 3.39. The van der Waals surface area contributed by atoms with Gasteiger partial charge in [0.05, 0.1) is 19.4 Å². The molecule has 0 radical (unpaired) electrons. The van der Waals surface area contributed by atoms with E-state index < -0.39 is 12.0 Å². The zero-order valence-corrected chi connectivity index (χ0v) is 13.6. The van der Waals surface area contributed by atoms with E-state index in [1.54, 1.807) is 18.2 Å². The maximum Gasteiger partial charge on any atom is 0.231 e. The summed E-state index contributed by atoms with van der Waals surface area (Å²) in [7, 11) is 2.08. The Morgan fingerprint density at radius 1 is 1.21 bits per heavy atom. The van der Waals surface area contributed by atoms with Crippen LogP contribution in [0.1, 0.15) is 6.42 Å². The SMILES string of the molecule is C[NH+]1CC[NH+]([C@H](CC(=O)Nc2ccc3c(c2)OCO3)C(=O)[O-])CC1. The quantitative estimate of drug-likeness (QED) is 0.514. The van der Waals surface area contributed by atoms with E-state index in [4.69, 9.17) is 9.47 Å². The predicted molar refractivity (Wildman–Crippen MR) is 81.9 cm³/mol. The molecule has 1 atom stereocenters. The van der Waals surface area contributed by atoms with Crippen molar-refractivity contribution in [1.29, 1.82) is 0 Å². The molecule has 2 aliphatic rings. The second kappa shape index (κ2) is 7.06. The predicted octanol–water partition coefficient (Wildman–Crippen LogP) is -3.72. The summed E-state index contributed by atoms with van der Waals surface area (Å²) in [6.07, 6.45) is -0.106. The standard InChI is InChI=1S/C16H21N3O5/c1-18-4-6-19(7-5-18)12(16(21)22)9-15(20)17-11-2-3-13-14(8-11)24-10-23-13/h2-3,8,12H,4-7,9-10H2,1H3,(H,17,20)(H,21,22)/p+1/t12-/m1/s1. The van der Waals surface area contributed by atoms with E-state index in [0.717, 1.165) is 31.1 Å². The van der Waals surface area contributed by atoms with Crippen molar-refractivity contribution in [3.63, 3.8) is 0 Å². The van der Waals surface area contributed by atoms with E-state index >= 15 is 0 Å². The Balaban J connectivity index is 1.60. The highest BCUT2D eigenvalue weighted by atomic mass is 16.7. The molecule has 24 heavy (non-hydrogen) atoms. The molecule has 0 spiro atoms. The number of carboxylic acid groups (broad SMARTS) is 1. The van der Waals surface area contributed by atoms with E-state index in [0.29, 0.717) is 17.2 Å². The number of quaternary nitrogens is 2. The van der Waals surface area contributed by atoms with Gasteiger partial charge >= 0.3 is 0 Å². The van der Waals surface area contributed by atoms with Crippen molar-refractivity contribution in [3.8, 4) is 11.5 Å². The molecule has 0 aromatic heterocycles. The van der Waals surface area contributed by atoms with Gasteiger partial charge in [-0.05, 0) is 12.1 Å². The van der Waals surface area contributed by atoms with Crippen LogP contribution in [0.15, 0.2) is 18.2 Å². The summed E-state index contributed by atoms with van der Waals surface area (Å²) >= 11 is 0. The van der Waals surface area contributed by atoms with Crippen molar-refractivity contribution in [2.45, 2.75) is 12.5 Å². The van der Waals surface area contributed by atoms with Crippen LogP contribution in [0.5, 0.6) is 11.5 Å². The van der Waals surface area contributed by atoms with Crippen LogP contribution in [0.4, 0.5) is 5.69 Å². The topological polar surface area (TPSA) is 96.6 Å². The third-order valence-electron chi connectivity index (χ3n) is 4.57. The molecule has 1 aromatic rings. The average Bonchev–Trinajstić information content (AvgIpc) is 3.01. The van der Waals surface area contributed by atoms with Crippen LogP contribution in [0, 0.1) is 0 Å². The number of piperazine rings is 1. The molecule has 1 aromatic carbocycles. The van der Waals surface area contributed by atoms with Gasteiger partial charge in [-0.3, -0.25) is 4.79 Å². The molecular formula is C16H22N3O5+. The number of carboxylic acids is 1. The van der Waals surface area contributed by atoms with Gasteiger partial charge in [0.15, 0.2) is 11.5 Å². The molecule has 3 N–H and O–H groups in total. The Hall–Kier alpha value is -2.32. The van der Waals surface area contributed by atoms with Gasteiger partial charge in [0, 0.05) is 11.8 Å². The summed E-state index contributed by atoms with van der Waals surface area (Å²) in [5.41, 5.74) is 0.555. The highest BCUT2D eigenvalue weighted by Gasteiger charge is 2.30. The van der Waals surface area contributed by atoms with Crippen molar-refractivity contribution >= 4 is 17.6 Å². The van der Waals surface area contributed by atoms with E-state index in [9.17, 15) is 14.7 Å². The number of carbonyl (C=O) groups excluding carboxylic acids is 2. The summed E-state index contributed by atoms with van der Waals surface area (Å²) in [6, 6.07) is 4.25. The van der Waals surface area contributed by atoms with Gasteiger partial charge in [-0.25, -0.2) is 0 Å². The normalized spacial score (nSPS) is 23.5. The summed E-state index contributed by atoms with van der Waals surface area (Å²) in [4.78, 5) is 26.0. The third kappa shape index (κ3) is 3.77. The van der Waals surface area contributed by atoms with E-state index in [2.05, 4.69) is 12.4 Å². The minimum atomic E-state index is -1.18. The molecule has 2 aliphatic heterocycles. The summed E-state index contributed by atoms with van der Waals surface area (Å²) < 4.78 is 10.5. The second-order valence-corrected chi connectivity index (χ2v) is 6.31. The third-order valence-corrected chi connectivity index (χ3v) is 4.57. The van der Waals surface area contributed by atoms with Crippen LogP contribution in [0.2, 0.25) is 0 Å². The number of nitrogens with one attached hydrogen (secondary N) is 3. The van der Waals surface area contributed by atoms with Crippen molar-refractivity contribution in [2.75, 3.05) is 45.3 Å². The number of hydrogen-bond donors (Lipinski definition) is 3. The number of carbonyl (C=O) groups is 2. The number of fused-ring (bicyclic) bond motifs is 1. The number of likely N-dealkylation sites (N-methyl/N-ethyl adjacent to an activating group) is 1. The van der Waals surface area contributed by atoms with Crippen LogP contribution >= 0.6 is 0 Å². The first kappa shape index (κ1) is 16.5. The monoisotopic (exact) mass is 336 g/mol. The van der Waals surface area contributed by atoms with Gasteiger partial charge in [-0.15, -0.1) is 0 Å². The maximum absolute atomic E-state index is 12.2. The summed E-state index contributed by atoms with van der Waals surface area (Å²) in [5, 5.41) is 14.2. The molecule has 130 valence electrons. The Labute approximate surface area is 139 Å².